The summed E-state index contributed by atoms with van der Waals surface area (Å²) in [5.41, 5.74) is 0. The Balaban J connectivity index is 2.22. The fourth-order valence-electron chi connectivity index (χ4n) is 2.81. The zero-order valence-electron chi connectivity index (χ0n) is 10.3. The summed E-state index contributed by atoms with van der Waals surface area (Å²) >= 11 is 0. The summed E-state index contributed by atoms with van der Waals surface area (Å²) in [5, 5.41) is 0. The standard InChI is InChI=1S/C12H18N2O3/c1-13-10(15)9(8-6-4-3-5-7-8)11(16)14(2)12(13)17/h8-9H,3-7H2,1-2H3. The van der Waals surface area contributed by atoms with Crippen molar-refractivity contribution in [3.05, 3.63) is 0 Å². The van der Waals surface area contributed by atoms with Crippen molar-refractivity contribution in [2.75, 3.05) is 14.1 Å². The van der Waals surface area contributed by atoms with E-state index in [0.717, 1.165) is 35.5 Å². The second-order valence-electron chi connectivity index (χ2n) is 4.95. The summed E-state index contributed by atoms with van der Waals surface area (Å²) in [4.78, 5) is 37.8. The predicted molar refractivity (Wildman–Crippen MR) is 61.0 cm³/mol. The fourth-order valence-corrected chi connectivity index (χ4v) is 2.81. The topological polar surface area (TPSA) is 57.7 Å². The summed E-state index contributed by atoms with van der Waals surface area (Å²) in [6.45, 7) is 0. The number of hydrogen-bond donors (Lipinski definition) is 0. The highest BCUT2D eigenvalue weighted by Crippen LogP contribution is 2.33. The molecule has 1 saturated carbocycles. The number of urea groups is 1. The highest BCUT2D eigenvalue weighted by atomic mass is 16.2. The van der Waals surface area contributed by atoms with E-state index in [1.165, 1.54) is 20.5 Å². The first kappa shape index (κ1) is 12.1. The summed E-state index contributed by atoms with van der Waals surface area (Å²) in [7, 11) is 2.90. The van der Waals surface area contributed by atoms with Crippen molar-refractivity contribution in [3.63, 3.8) is 0 Å². The maximum absolute atomic E-state index is 12.0. The Bertz CT molecular complexity index is 337. The van der Waals surface area contributed by atoms with E-state index in [9.17, 15) is 14.4 Å². The summed E-state index contributed by atoms with van der Waals surface area (Å²) in [5.74, 6) is -1.18. The van der Waals surface area contributed by atoms with Crippen LogP contribution in [-0.2, 0) is 9.59 Å². The molecular formula is C12H18N2O3. The Morgan fingerprint density at radius 1 is 0.882 bits per heavy atom. The van der Waals surface area contributed by atoms with Gasteiger partial charge < -0.3 is 0 Å². The van der Waals surface area contributed by atoms with Gasteiger partial charge in [-0.1, -0.05) is 19.3 Å². The molecule has 1 aliphatic heterocycles. The van der Waals surface area contributed by atoms with Gasteiger partial charge in [0.05, 0.1) is 0 Å². The molecule has 1 heterocycles. The number of hydrogen-bond acceptors (Lipinski definition) is 3. The lowest BCUT2D eigenvalue weighted by Gasteiger charge is -2.37. The monoisotopic (exact) mass is 238 g/mol. The molecule has 0 aromatic carbocycles. The van der Waals surface area contributed by atoms with Crippen LogP contribution in [0.1, 0.15) is 32.1 Å². The van der Waals surface area contributed by atoms with Gasteiger partial charge in [0.25, 0.3) is 0 Å². The predicted octanol–water partition coefficient (Wildman–Crippen LogP) is 1.23. The molecule has 1 saturated heterocycles. The molecule has 0 bridgehead atoms. The van der Waals surface area contributed by atoms with E-state index in [1.807, 2.05) is 0 Å². The molecule has 2 aliphatic rings. The SMILES string of the molecule is CN1C(=O)C(C2CCCCC2)C(=O)N(C)C1=O. The minimum Gasteiger partial charge on any atom is -0.273 e. The molecule has 0 radical (unpaired) electrons. The number of amides is 4. The molecule has 5 heteroatoms. The van der Waals surface area contributed by atoms with Crippen LogP contribution in [0.25, 0.3) is 0 Å². The average molecular weight is 238 g/mol. The Kier molecular flexibility index (Phi) is 3.17. The van der Waals surface area contributed by atoms with Crippen LogP contribution >= 0.6 is 0 Å². The van der Waals surface area contributed by atoms with E-state index in [1.54, 1.807) is 0 Å². The third-order valence-corrected chi connectivity index (χ3v) is 3.89. The average Bonchev–Trinajstić information content (AvgIpc) is 2.36. The van der Waals surface area contributed by atoms with Crippen molar-refractivity contribution in [2.45, 2.75) is 32.1 Å². The number of carbonyl (C=O) groups is 3. The number of carbonyl (C=O) groups excluding carboxylic acids is 3. The molecule has 1 aliphatic carbocycles. The van der Waals surface area contributed by atoms with E-state index in [2.05, 4.69) is 0 Å². The lowest BCUT2D eigenvalue weighted by molar-refractivity contribution is -0.150. The van der Waals surface area contributed by atoms with Gasteiger partial charge in [-0.25, -0.2) is 4.79 Å². The van der Waals surface area contributed by atoms with E-state index in [0.29, 0.717) is 0 Å². The molecule has 17 heavy (non-hydrogen) atoms. The number of barbiturate groups is 1. The first-order valence-electron chi connectivity index (χ1n) is 6.13. The van der Waals surface area contributed by atoms with Crippen molar-refractivity contribution in [2.24, 2.45) is 11.8 Å². The molecule has 4 amide bonds. The maximum Gasteiger partial charge on any atom is 0.332 e. The van der Waals surface area contributed by atoms with Crippen LogP contribution in [0.3, 0.4) is 0 Å². The molecule has 0 unspecified atom stereocenters. The molecule has 0 aromatic rings. The van der Waals surface area contributed by atoms with Crippen molar-refractivity contribution < 1.29 is 14.4 Å². The quantitative estimate of drug-likeness (QED) is 0.646. The van der Waals surface area contributed by atoms with Crippen LogP contribution < -0.4 is 0 Å². The lowest BCUT2D eigenvalue weighted by atomic mass is 9.78. The van der Waals surface area contributed by atoms with Gasteiger partial charge in [-0.15, -0.1) is 0 Å². The highest BCUT2D eigenvalue weighted by Gasteiger charge is 2.46. The largest absolute Gasteiger partial charge is 0.332 e. The molecule has 5 nitrogen and oxygen atoms in total. The number of imide groups is 2. The fraction of sp³-hybridized carbons (Fsp3) is 0.750. The lowest BCUT2D eigenvalue weighted by Crippen LogP contribution is -2.58. The van der Waals surface area contributed by atoms with Gasteiger partial charge in [0, 0.05) is 14.1 Å². The molecule has 2 fully saturated rings. The summed E-state index contributed by atoms with van der Waals surface area (Å²) in [6, 6.07) is -0.521. The summed E-state index contributed by atoms with van der Waals surface area (Å²) in [6.07, 6.45) is 5.15. The molecule has 0 aromatic heterocycles. The van der Waals surface area contributed by atoms with E-state index >= 15 is 0 Å². The third-order valence-electron chi connectivity index (χ3n) is 3.89. The van der Waals surface area contributed by atoms with Crippen molar-refractivity contribution in [3.8, 4) is 0 Å². The van der Waals surface area contributed by atoms with Gasteiger partial charge in [-0.2, -0.15) is 0 Å². The van der Waals surface area contributed by atoms with Gasteiger partial charge in [0.2, 0.25) is 11.8 Å². The second-order valence-corrected chi connectivity index (χ2v) is 4.95. The Labute approximate surface area is 101 Å². The van der Waals surface area contributed by atoms with Gasteiger partial charge >= 0.3 is 6.03 Å². The normalized spacial score (nSPS) is 24.7. The number of rotatable bonds is 1. The van der Waals surface area contributed by atoms with Crippen LogP contribution in [0.5, 0.6) is 0 Å². The van der Waals surface area contributed by atoms with Crippen molar-refractivity contribution >= 4 is 17.8 Å². The van der Waals surface area contributed by atoms with Crippen molar-refractivity contribution in [1.82, 2.24) is 9.80 Å². The molecule has 0 spiro atoms. The van der Waals surface area contributed by atoms with E-state index in [-0.39, 0.29) is 17.7 Å². The molecule has 2 rings (SSSR count). The zero-order chi connectivity index (χ0) is 12.6. The van der Waals surface area contributed by atoms with Gasteiger partial charge in [0.1, 0.15) is 5.92 Å². The molecule has 0 atom stereocenters. The van der Waals surface area contributed by atoms with Crippen LogP contribution in [0, 0.1) is 11.8 Å². The van der Waals surface area contributed by atoms with E-state index < -0.39 is 11.9 Å². The van der Waals surface area contributed by atoms with Crippen LogP contribution in [-0.4, -0.2) is 41.7 Å². The smallest absolute Gasteiger partial charge is 0.273 e. The zero-order valence-corrected chi connectivity index (χ0v) is 10.3. The first-order valence-corrected chi connectivity index (χ1v) is 6.13. The molecule has 94 valence electrons. The van der Waals surface area contributed by atoms with Gasteiger partial charge in [-0.3, -0.25) is 19.4 Å². The minimum absolute atomic E-state index is 0.113. The van der Waals surface area contributed by atoms with E-state index in [4.69, 9.17) is 0 Å². The van der Waals surface area contributed by atoms with Gasteiger partial charge in [0.15, 0.2) is 0 Å². The second kappa shape index (κ2) is 4.47. The maximum atomic E-state index is 12.0. The van der Waals surface area contributed by atoms with Crippen LogP contribution in [0.2, 0.25) is 0 Å². The Morgan fingerprint density at radius 3 is 1.82 bits per heavy atom. The number of nitrogens with zero attached hydrogens (tertiary/aromatic N) is 2. The van der Waals surface area contributed by atoms with Gasteiger partial charge in [-0.05, 0) is 18.8 Å². The molecular weight excluding hydrogens is 220 g/mol. The molecule has 0 N–H and O–H groups in total. The minimum atomic E-state index is -0.636. The Morgan fingerprint density at radius 2 is 1.35 bits per heavy atom. The Hall–Kier alpha value is -1.39. The highest BCUT2D eigenvalue weighted by molar-refractivity contribution is 6.15. The first-order chi connectivity index (χ1) is 8.04. The van der Waals surface area contributed by atoms with Crippen LogP contribution in [0.4, 0.5) is 4.79 Å². The van der Waals surface area contributed by atoms with Crippen LogP contribution in [0.15, 0.2) is 0 Å². The third kappa shape index (κ3) is 1.94. The summed E-state index contributed by atoms with van der Waals surface area (Å²) < 4.78 is 0. The van der Waals surface area contributed by atoms with Crippen molar-refractivity contribution in [1.29, 1.82) is 0 Å².